The Hall–Kier alpha value is 0.240. The fourth-order valence-corrected chi connectivity index (χ4v) is 8.20. The van der Waals surface area contributed by atoms with Gasteiger partial charge in [0.1, 0.15) is 4.49 Å². The number of fused-ring (bicyclic) bond motifs is 5. The third-order valence-corrected chi connectivity index (χ3v) is 9.48. The van der Waals surface area contributed by atoms with Crippen LogP contribution >= 0.6 is 23.2 Å². The van der Waals surface area contributed by atoms with E-state index in [1.165, 1.54) is 18.4 Å². The van der Waals surface area contributed by atoms with Crippen LogP contribution in [0.25, 0.3) is 0 Å². The van der Waals surface area contributed by atoms with Crippen LogP contribution in [0.4, 0.5) is 0 Å². The Bertz CT molecular complexity index is 586. The van der Waals surface area contributed by atoms with Gasteiger partial charge in [-0.05, 0) is 84.5 Å². The van der Waals surface area contributed by atoms with E-state index in [0.717, 1.165) is 32.1 Å². The maximum atomic E-state index is 11.2. The molecular weight excluding hydrogens is 355 g/mol. The second-order valence-electron chi connectivity index (χ2n) is 10.00. The molecule has 0 bridgehead atoms. The summed E-state index contributed by atoms with van der Waals surface area (Å²) in [6.07, 6.45) is 6.50. The molecule has 5 unspecified atom stereocenters. The summed E-state index contributed by atoms with van der Waals surface area (Å²) >= 11 is 12.4. The van der Waals surface area contributed by atoms with Crippen molar-refractivity contribution in [1.82, 2.24) is 0 Å². The fraction of sp³-hybridized carbons (Fsp3) is 0.905. The molecule has 0 heterocycles. The number of aliphatic hydroxyl groups is 2. The highest BCUT2D eigenvalue weighted by molar-refractivity contribution is 6.56. The van der Waals surface area contributed by atoms with Crippen LogP contribution in [0.3, 0.4) is 0 Å². The third-order valence-electron chi connectivity index (χ3n) is 9.03. The Labute approximate surface area is 162 Å². The number of allylic oxidation sites excluding steroid dienone is 1. The summed E-state index contributed by atoms with van der Waals surface area (Å²) in [5.41, 5.74) is 1.34. The summed E-state index contributed by atoms with van der Waals surface area (Å²) in [7, 11) is 0. The first-order chi connectivity index (χ1) is 11.7. The predicted octanol–water partition coefficient (Wildman–Crippen LogP) is 5.30. The summed E-state index contributed by atoms with van der Waals surface area (Å²) in [4.78, 5) is 0. The molecule has 4 fully saturated rings. The van der Waals surface area contributed by atoms with Crippen molar-refractivity contribution < 1.29 is 10.2 Å². The van der Waals surface area contributed by atoms with Crippen LogP contribution in [0.1, 0.15) is 65.7 Å². The van der Waals surface area contributed by atoms with E-state index in [1.54, 1.807) is 0 Å². The molecule has 25 heavy (non-hydrogen) atoms. The maximum Gasteiger partial charge on any atom is 0.106 e. The van der Waals surface area contributed by atoms with Crippen LogP contribution < -0.4 is 0 Å². The number of aliphatic hydroxyl groups excluding tert-OH is 2. The number of hydrogen-bond donors (Lipinski definition) is 2. The molecule has 0 aromatic rings. The molecule has 0 amide bonds. The number of rotatable bonds is 0. The van der Waals surface area contributed by atoms with Crippen LogP contribution in [-0.4, -0.2) is 22.4 Å². The van der Waals surface area contributed by atoms with Gasteiger partial charge in [0.15, 0.2) is 0 Å². The highest BCUT2D eigenvalue weighted by atomic mass is 35.5. The second-order valence-corrected chi connectivity index (χ2v) is 10.9. The van der Waals surface area contributed by atoms with Gasteiger partial charge in [-0.2, -0.15) is 0 Å². The molecule has 2 N–H and O–H groups in total. The van der Waals surface area contributed by atoms with E-state index in [0.29, 0.717) is 22.2 Å². The van der Waals surface area contributed by atoms with E-state index >= 15 is 0 Å². The van der Waals surface area contributed by atoms with Crippen LogP contribution in [0.15, 0.2) is 10.1 Å². The number of hydrogen-bond acceptors (Lipinski definition) is 2. The molecule has 4 aliphatic carbocycles. The summed E-state index contributed by atoms with van der Waals surface area (Å²) in [5.74, 6) is 1.96. The molecule has 9 atom stereocenters. The van der Waals surface area contributed by atoms with Crippen molar-refractivity contribution in [2.75, 3.05) is 0 Å². The Kier molecular flexibility index (Phi) is 4.55. The average Bonchev–Trinajstić information content (AvgIpc) is 2.91. The molecule has 4 rings (SSSR count). The Balaban J connectivity index is 1.73. The van der Waals surface area contributed by atoms with Crippen molar-refractivity contribution in [3.05, 3.63) is 10.1 Å². The minimum Gasteiger partial charge on any atom is -0.390 e. The SMILES string of the molecule is C[C@H]1CC[C@]2(C)C3CC[C@]4(C)C(=C(Cl)Cl)CCC4C3C(O)[C@H](O)C2C1. The van der Waals surface area contributed by atoms with Gasteiger partial charge in [0.25, 0.3) is 0 Å². The average molecular weight is 387 g/mol. The molecule has 2 nitrogen and oxygen atoms in total. The minimum atomic E-state index is -0.605. The van der Waals surface area contributed by atoms with Crippen molar-refractivity contribution in [2.45, 2.75) is 77.9 Å². The van der Waals surface area contributed by atoms with Crippen LogP contribution in [0, 0.1) is 40.4 Å². The van der Waals surface area contributed by atoms with Crippen LogP contribution in [-0.2, 0) is 0 Å². The molecule has 142 valence electrons. The first-order valence-corrected chi connectivity index (χ1v) is 10.9. The second kappa shape index (κ2) is 6.12. The van der Waals surface area contributed by atoms with E-state index < -0.39 is 12.2 Å². The molecule has 0 saturated heterocycles. The monoisotopic (exact) mass is 386 g/mol. The van der Waals surface area contributed by atoms with Crippen molar-refractivity contribution in [2.24, 2.45) is 40.4 Å². The molecule has 0 spiro atoms. The fourth-order valence-electron chi connectivity index (χ4n) is 7.58. The van der Waals surface area contributed by atoms with Gasteiger partial charge in [-0.1, -0.05) is 50.4 Å². The normalized spacial score (nSPS) is 55.3. The van der Waals surface area contributed by atoms with Gasteiger partial charge in [0, 0.05) is 0 Å². The molecule has 4 aliphatic rings. The first kappa shape index (κ1) is 18.6. The van der Waals surface area contributed by atoms with Crippen LogP contribution in [0.5, 0.6) is 0 Å². The van der Waals surface area contributed by atoms with Crippen molar-refractivity contribution in [1.29, 1.82) is 0 Å². The molecular formula is C21H32Cl2O2. The summed E-state index contributed by atoms with van der Waals surface area (Å²) in [6.45, 7) is 6.98. The predicted molar refractivity (Wildman–Crippen MR) is 102 cm³/mol. The van der Waals surface area contributed by atoms with Gasteiger partial charge in [-0.15, -0.1) is 0 Å². The van der Waals surface area contributed by atoms with Gasteiger partial charge in [0.05, 0.1) is 12.2 Å². The Morgan fingerprint density at radius 3 is 2.36 bits per heavy atom. The highest BCUT2D eigenvalue weighted by Crippen LogP contribution is 2.68. The molecule has 0 radical (unpaired) electrons. The van der Waals surface area contributed by atoms with E-state index in [2.05, 4.69) is 20.8 Å². The Morgan fingerprint density at radius 1 is 0.960 bits per heavy atom. The molecule has 0 aromatic carbocycles. The lowest BCUT2D eigenvalue weighted by Gasteiger charge is -2.63. The standard InChI is InChI=1S/C21H32Cl2O2/c1-11-6-8-21(3)13-7-9-20(2)12(4-5-14(20)19(22)23)16(13)18(25)17(24)15(21)10-11/h11-13,15-18,24-25H,4-10H2,1-3H3/t11-,12?,13?,15?,16?,17+,18?,20-,21+/m0/s1. The van der Waals surface area contributed by atoms with Crippen molar-refractivity contribution >= 4 is 23.2 Å². The smallest absolute Gasteiger partial charge is 0.106 e. The van der Waals surface area contributed by atoms with Crippen LogP contribution in [0.2, 0.25) is 0 Å². The van der Waals surface area contributed by atoms with Crippen molar-refractivity contribution in [3.8, 4) is 0 Å². The zero-order valence-electron chi connectivity index (χ0n) is 15.6. The van der Waals surface area contributed by atoms with Gasteiger partial charge in [0.2, 0.25) is 0 Å². The zero-order valence-corrected chi connectivity index (χ0v) is 17.2. The third kappa shape index (κ3) is 2.50. The largest absolute Gasteiger partial charge is 0.390 e. The summed E-state index contributed by atoms with van der Waals surface area (Å²) in [6, 6.07) is 0. The molecule has 0 aliphatic heterocycles. The highest BCUT2D eigenvalue weighted by Gasteiger charge is 2.64. The zero-order chi connectivity index (χ0) is 18.1. The van der Waals surface area contributed by atoms with Gasteiger partial charge in [-0.3, -0.25) is 0 Å². The van der Waals surface area contributed by atoms with E-state index in [9.17, 15) is 10.2 Å². The van der Waals surface area contributed by atoms with Gasteiger partial charge >= 0.3 is 0 Å². The summed E-state index contributed by atoms with van der Waals surface area (Å²) in [5, 5.41) is 22.2. The quantitative estimate of drug-likeness (QED) is 0.592. The lowest BCUT2D eigenvalue weighted by Crippen LogP contribution is -2.63. The van der Waals surface area contributed by atoms with Gasteiger partial charge in [-0.25, -0.2) is 0 Å². The topological polar surface area (TPSA) is 40.5 Å². The Morgan fingerprint density at radius 2 is 1.68 bits per heavy atom. The lowest BCUT2D eigenvalue weighted by molar-refractivity contribution is -0.213. The molecule has 0 aromatic heterocycles. The number of halogens is 2. The molecule has 4 saturated carbocycles. The van der Waals surface area contributed by atoms with Gasteiger partial charge < -0.3 is 10.2 Å². The first-order valence-electron chi connectivity index (χ1n) is 10.1. The lowest BCUT2D eigenvalue weighted by atomic mass is 9.43. The molecule has 4 heteroatoms. The van der Waals surface area contributed by atoms with E-state index in [1.807, 2.05) is 0 Å². The minimum absolute atomic E-state index is 0.00808. The maximum absolute atomic E-state index is 11.2. The van der Waals surface area contributed by atoms with E-state index in [-0.39, 0.29) is 22.7 Å². The van der Waals surface area contributed by atoms with E-state index in [4.69, 9.17) is 23.2 Å². The van der Waals surface area contributed by atoms with Crippen molar-refractivity contribution in [3.63, 3.8) is 0 Å². The summed E-state index contributed by atoms with van der Waals surface area (Å²) < 4.78 is 0.435.